The van der Waals surface area contributed by atoms with Gasteiger partial charge in [-0.25, -0.2) is 0 Å². The lowest BCUT2D eigenvalue weighted by Gasteiger charge is -2.12. The molecule has 15 heavy (non-hydrogen) atoms. The Morgan fingerprint density at radius 1 is 1.47 bits per heavy atom. The number of rotatable bonds is 5. The Labute approximate surface area is 91.4 Å². The topological polar surface area (TPSA) is 35.2 Å². The van der Waals surface area contributed by atoms with E-state index < -0.39 is 0 Å². The zero-order chi connectivity index (χ0) is 10.7. The molecule has 0 saturated heterocycles. The second kappa shape index (κ2) is 4.67. The Balaban J connectivity index is 2.03. The van der Waals surface area contributed by atoms with Crippen molar-refractivity contribution < 1.29 is 4.74 Å². The molecule has 1 atom stereocenters. The highest BCUT2D eigenvalue weighted by atomic mass is 16.5. The zero-order valence-corrected chi connectivity index (χ0v) is 9.28. The maximum Gasteiger partial charge on any atom is 0.120 e. The normalized spacial score (nSPS) is 17.5. The maximum absolute atomic E-state index is 6.07. The van der Waals surface area contributed by atoms with Crippen molar-refractivity contribution in [1.29, 1.82) is 0 Å². The van der Waals surface area contributed by atoms with Crippen LogP contribution in [0.4, 0.5) is 0 Å². The molecule has 0 radical (unpaired) electrons. The molecule has 82 valence electrons. The van der Waals surface area contributed by atoms with Gasteiger partial charge in [-0.05, 0) is 37.0 Å². The molecular weight excluding hydrogens is 186 g/mol. The van der Waals surface area contributed by atoms with E-state index in [1.807, 2.05) is 12.1 Å². The Kier molecular flexibility index (Phi) is 3.27. The lowest BCUT2D eigenvalue weighted by molar-refractivity contribution is 0.302. The molecule has 2 N–H and O–H groups in total. The molecule has 1 unspecified atom stereocenters. The molecule has 0 aliphatic heterocycles. The van der Waals surface area contributed by atoms with Crippen LogP contribution in [0.1, 0.15) is 44.2 Å². The van der Waals surface area contributed by atoms with Crippen molar-refractivity contribution in [3.63, 3.8) is 0 Å². The summed E-state index contributed by atoms with van der Waals surface area (Å²) in [4.78, 5) is 0. The van der Waals surface area contributed by atoms with Crippen LogP contribution < -0.4 is 10.5 Å². The monoisotopic (exact) mass is 205 g/mol. The fourth-order valence-electron chi connectivity index (χ4n) is 1.67. The molecule has 1 saturated carbocycles. The van der Waals surface area contributed by atoms with E-state index in [0.717, 1.165) is 18.6 Å². The number of benzene rings is 1. The third-order valence-corrected chi connectivity index (χ3v) is 2.71. The van der Waals surface area contributed by atoms with E-state index in [4.69, 9.17) is 10.5 Å². The minimum absolute atomic E-state index is 0.151. The first-order valence-electron chi connectivity index (χ1n) is 5.82. The van der Waals surface area contributed by atoms with Crippen molar-refractivity contribution in [2.45, 2.75) is 44.8 Å². The van der Waals surface area contributed by atoms with E-state index in [2.05, 4.69) is 19.1 Å². The van der Waals surface area contributed by atoms with Crippen molar-refractivity contribution in [2.75, 3.05) is 0 Å². The second-order valence-corrected chi connectivity index (χ2v) is 4.28. The van der Waals surface area contributed by atoms with Crippen LogP contribution in [0, 0.1) is 0 Å². The van der Waals surface area contributed by atoms with Crippen LogP contribution in [0.15, 0.2) is 24.3 Å². The van der Waals surface area contributed by atoms with E-state index in [-0.39, 0.29) is 6.04 Å². The molecule has 2 rings (SSSR count). The van der Waals surface area contributed by atoms with Gasteiger partial charge in [-0.3, -0.25) is 0 Å². The van der Waals surface area contributed by atoms with Gasteiger partial charge in [-0.1, -0.05) is 25.5 Å². The highest BCUT2D eigenvalue weighted by Gasteiger charge is 2.23. The number of hydrogen-bond donors (Lipinski definition) is 1. The van der Waals surface area contributed by atoms with Crippen molar-refractivity contribution in [2.24, 2.45) is 5.73 Å². The fourth-order valence-corrected chi connectivity index (χ4v) is 1.67. The van der Waals surface area contributed by atoms with E-state index in [9.17, 15) is 0 Å². The first-order chi connectivity index (χ1) is 7.29. The van der Waals surface area contributed by atoms with Gasteiger partial charge >= 0.3 is 0 Å². The van der Waals surface area contributed by atoms with E-state index >= 15 is 0 Å². The summed E-state index contributed by atoms with van der Waals surface area (Å²) < 4.78 is 5.74. The largest absolute Gasteiger partial charge is 0.490 e. The highest BCUT2D eigenvalue weighted by molar-refractivity contribution is 5.30. The molecule has 0 aromatic heterocycles. The Morgan fingerprint density at radius 3 is 2.93 bits per heavy atom. The molecule has 1 aliphatic rings. The van der Waals surface area contributed by atoms with Crippen molar-refractivity contribution in [3.8, 4) is 5.75 Å². The molecule has 2 nitrogen and oxygen atoms in total. The highest BCUT2D eigenvalue weighted by Crippen LogP contribution is 2.28. The van der Waals surface area contributed by atoms with Crippen LogP contribution in [0.25, 0.3) is 0 Å². The summed E-state index contributed by atoms with van der Waals surface area (Å²) in [6, 6.07) is 8.36. The third-order valence-electron chi connectivity index (χ3n) is 2.71. The summed E-state index contributed by atoms with van der Waals surface area (Å²) in [7, 11) is 0. The molecule has 0 heterocycles. The van der Waals surface area contributed by atoms with E-state index in [1.54, 1.807) is 0 Å². The standard InChI is InChI=1S/C13H19NO/c1-2-4-13(14)10-5-3-6-12(9-10)15-11-7-8-11/h3,5-6,9,11,13H,2,4,7-8,14H2,1H3. The molecule has 0 amide bonds. The summed E-state index contributed by atoms with van der Waals surface area (Å²) >= 11 is 0. The predicted molar refractivity (Wildman–Crippen MR) is 61.9 cm³/mol. The third kappa shape index (κ3) is 2.96. The summed E-state index contributed by atoms with van der Waals surface area (Å²) in [6.45, 7) is 2.16. The summed E-state index contributed by atoms with van der Waals surface area (Å²) in [6.07, 6.45) is 5.01. The van der Waals surface area contributed by atoms with Gasteiger partial charge in [0.1, 0.15) is 5.75 Å². The van der Waals surface area contributed by atoms with Crippen LogP contribution in [-0.4, -0.2) is 6.10 Å². The van der Waals surface area contributed by atoms with Gasteiger partial charge in [-0.2, -0.15) is 0 Å². The van der Waals surface area contributed by atoms with Crippen LogP contribution in [-0.2, 0) is 0 Å². The lowest BCUT2D eigenvalue weighted by Crippen LogP contribution is -2.09. The zero-order valence-electron chi connectivity index (χ0n) is 9.28. The first kappa shape index (κ1) is 10.5. The van der Waals surface area contributed by atoms with Gasteiger partial charge in [0.25, 0.3) is 0 Å². The first-order valence-corrected chi connectivity index (χ1v) is 5.82. The SMILES string of the molecule is CCCC(N)c1cccc(OC2CC2)c1. The summed E-state index contributed by atoms with van der Waals surface area (Å²) in [5.41, 5.74) is 7.26. The van der Waals surface area contributed by atoms with Gasteiger partial charge in [0.2, 0.25) is 0 Å². The van der Waals surface area contributed by atoms with Crippen LogP contribution >= 0.6 is 0 Å². The molecule has 2 heteroatoms. The number of ether oxygens (including phenoxy) is 1. The summed E-state index contributed by atoms with van der Waals surface area (Å²) in [5, 5.41) is 0. The molecule has 1 fully saturated rings. The Bertz CT molecular complexity index is 320. The number of hydrogen-bond acceptors (Lipinski definition) is 2. The smallest absolute Gasteiger partial charge is 0.120 e. The van der Waals surface area contributed by atoms with Crippen LogP contribution in [0.3, 0.4) is 0 Å². The lowest BCUT2D eigenvalue weighted by atomic mass is 10.0. The van der Waals surface area contributed by atoms with Gasteiger partial charge in [0, 0.05) is 6.04 Å². The van der Waals surface area contributed by atoms with Gasteiger partial charge in [-0.15, -0.1) is 0 Å². The average Bonchev–Trinajstić information content (AvgIpc) is 3.03. The van der Waals surface area contributed by atoms with Crippen LogP contribution in [0.5, 0.6) is 5.75 Å². The molecule has 1 aromatic rings. The molecule has 0 bridgehead atoms. The predicted octanol–water partition coefficient (Wildman–Crippen LogP) is 3.03. The quantitative estimate of drug-likeness (QED) is 0.802. The fraction of sp³-hybridized carbons (Fsp3) is 0.538. The van der Waals surface area contributed by atoms with Crippen LogP contribution in [0.2, 0.25) is 0 Å². The van der Waals surface area contributed by atoms with Gasteiger partial charge in [0.05, 0.1) is 6.10 Å². The number of nitrogens with two attached hydrogens (primary N) is 1. The van der Waals surface area contributed by atoms with Gasteiger partial charge in [0.15, 0.2) is 0 Å². The maximum atomic E-state index is 6.07. The molecule has 1 aliphatic carbocycles. The average molecular weight is 205 g/mol. The second-order valence-electron chi connectivity index (χ2n) is 4.28. The van der Waals surface area contributed by atoms with Crippen molar-refractivity contribution >= 4 is 0 Å². The Hall–Kier alpha value is -1.02. The van der Waals surface area contributed by atoms with Crippen molar-refractivity contribution in [1.82, 2.24) is 0 Å². The molecule has 1 aromatic carbocycles. The van der Waals surface area contributed by atoms with E-state index in [0.29, 0.717) is 6.10 Å². The van der Waals surface area contributed by atoms with E-state index in [1.165, 1.54) is 18.4 Å². The minimum atomic E-state index is 0.151. The molecular formula is C13H19NO. The minimum Gasteiger partial charge on any atom is -0.490 e. The Morgan fingerprint density at radius 2 is 2.27 bits per heavy atom. The summed E-state index contributed by atoms with van der Waals surface area (Å²) in [5.74, 6) is 0.974. The van der Waals surface area contributed by atoms with Crippen molar-refractivity contribution in [3.05, 3.63) is 29.8 Å². The van der Waals surface area contributed by atoms with Gasteiger partial charge < -0.3 is 10.5 Å². The molecule has 0 spiro atoms.